The molecular weight excluding hydrogens is 293 g/mol. The van der Waals surface area contributed by atoms with E-state index in [-0.39, 0.29) is 10.6 Å². The molecule has 0 saturated carbocycles. The smallest absolute Gasteiger partial charge is 0.187 e. The molecular formula is C16H11ClFNO2. The van der Waals surface area contributed by atoms with Crippen molar-refractivity contribution in [1.29, 1.82) is 5.26 Å². The van der Waals surface area contributed by atoms with Gasteiger partial charge in [0.1, 0.15) is 17.5 Å². The molecule has 106 valence electrons. The van der Waals surface area contributed by atoms with E-state index in [2.05, 4.69) is 0 Å². The number of hydrogen-bond donors (Lipinski definition) is 0. The standard InChI is InChI=1S/C16H11ClFNO2/c1-21-15-5-3-2-4-11(15)13(9-19)16(20)12-7-6-10(17)8-14(12)18/h2-8,13H,1H3. The van der Waals surface area contributed by atoms with Crippen molar-refractivity contribution in [3.63, 3.8) is 0 Å². The zero-order valence-corrected chi connectivity index (χ0v) is 11.9. The molecule has 2 rings (SSSR count). The van der Waals surface area contributed by atoms with Crippen LogP contribution in [0.25, 0.3) is 0 Å². The van der Waals surface area contributed by atoms with Crippen molar-refractivity contribution >= 4 is 17.4 Å². The number of carbonyl (C=O) groups is 1. The number of ether oxygens (including phenoxy) is 1. The van der Waals surface area contributed by atoms with Gasteiger partial charge in [-0.2, -0.15) is 5.26 Å². The Kier molecular flexibility index (Phi) is 4.56. The lowest BCUT2D eigenvalue weighted by Gasteiger charge is -2.13. The van der Waals surface area contributed by atoms with Crippen molar-refractivity contribution in [3.8, 4) is 11.8 Å². The molecule has 0 saturated heterocycles. The average molecular weight is 304 g/mol. The van der Waals surface area contributed by atoms with Gasteiger partial charge in [0.05, 0.1) is 18.7 Å². The normalized spacial score (nSPS) is 11.5. The number of halogens is 2. The van der Waals surface area contributed by atoms with E-state index >= 15 is 0 Å². The van der Waals surface area contributed by atoms with E-state index < -0.39 is 17.5 Å². The maximum absolute atomic E-state index is 13.8. The van der Waals surface area contributed by atoms with Gasteiger partial charge in [0.2, 0.25) is 0 Å². The fourth-order valence-corrected chi connectivity index (χ4v) is 2.18. The highest BCUT2D eigenvalue weighted by atomic mass is 35.5. The van der Waals surface area contributed by atoms with Gasteiger partial charge in [-0.05, 0) is 24.3 Å². The molecule has 0 aromatic heterocycles. The molecule has 21 heavy (non-hydrogen) atoms. The summed E-state index contributed by atoms with van der Waals surface area (Å²) in [7, 11) is 1.45. The summed E-state index contributed by atoms with van der Waals surface area (Å²) in [6, 6.07) is 12.3. The summed E-state index contributed by atoms with van der Waals surface area (Å²) in [6.07, 6.45) is 0. The number of ketones is 1. The Morgan fingerprint density at radius 2 is 2.05 bits per heavy atom. The van der Waals surface area contributed by atoms with Crippen molar-refractivity contribution < 1.29 is 13.9 Å². The van der Waals surface area contributed by atoms with Crippen molar-refractivity contribution in [3.05, 3.63) is 64.4 Å². The van der Waals surface area contributed by atoms with E-state index in [0.29, 0.717) is 11.3 Å². The Labute approximate surface area is 126 Å². The lowest BCUT2D eigenvalue weighted by atomic mass is 9.91. The minimum Gasteiger partial charge on any atom is -0.496 e. The summed E-state index contributed by atoms with van der Waals surface area (Å²) >= 11 is 5.66. The second-order valence-corrected chi connectivity index (χ2v) is 4.73. The van der Waals surface area contributed by atoms with Crippen LogP contribution in [0.2, 0.25) is 5.02 Å². The van der Waals surface area contributed by atoms with Crippen LogP contribution in [0.5, 0.6) is 5.75 Å². The molecule has 0 bridgehead atoms. The monoisotopic (exact) mass is 303 g/mol. The number of para-hydroxylation sites is 1. The lowest BCUT2D eigenvalue weighted by Crippen LogP contribution is -2.14. The zero-order valence-electron chi connectivity index (χ0n) is 11.1. The number of benzene rings is 2. The minimum atomic E-state index is -1.14. The quantitative estimate of drug-likeness (QED) is 0.803. The van der Waals surface area contributed by atoms with E-state index in [4.69, 9.17) is 16.3 Å². The largest absolute Gasteiger partial charge is 0.496 e. The van der Waals surface area contributed by atoms with Crippen LogP contribution >= 0.6 is 11.6 Å². The van der Waals surface area contributed by atoms with Crippen LogP contribution in [0.3, 0.4) is 0 Å². The maximum atomic E-state index is 13.8. The highest BCUT2D eigenvalue weighted by Crippen LogP contribution is 2.29. The first-order chi connectivity index (χ1) is 10.1. The SMILES string of the molecule is COc1ccccc1C(C#N)C(=O)c1ccc(Cl)cc1F. The summed E-state index contributed by atoms with van der Waals surface area (Å²) < 4.78 is 19.0. The fraction of sp³-hybridized carbons (Fsp3) is 0.125. The number of nitrogens with zero attached hydrogens (tertiary/aromatic N) is 1. The van der Waals surface area contributed by atoms with Gasteiger partial charge in [0.15, 0.2) is 5.78 Å². The molecule has 0 aliphatic rings. The third kappa shape index (κ3) is 3.04. The average Bonchev–Trinajstić information content (AvgIpc) is 2.48. The minimum absolute atomic E-state index is 0.170. The van der Waals surface area contributed by atoms with Crippen molar-refractivity contribution in [2.24, 2.45) is 0 Å². The molecule has 5 heteroatoms. The highest BCUT2D eigenvalue weighted by Gasteiger charge is 2.26. The topological polar surface area (TPSA) is 50.1 Å². The van der Waals surface area contributed by atoms with Crippen molar-refractivity contribution in [1.82, 2.24) is 0 Å². The Bertz CT molecular complexity index is 724. The van der Waals surface area contributed by atoms with Crippen LogP contribution in [0.4, 0.5) is 4.39 Å². The molecule has 0 aliphatic heterocycles. The van der Waals surface area contributed by atoms with Crippen LogP contribution in [-0.4, -0.2) is 12.9 Å². The molecule has 1 atom stereocenters. The molecule has 2 aromatic rings. The Morgan fingerprint density at radius 3 is 2.67 bits per heavy atom. The first-order valence-electron chi connectivity index (χ1n) is 6.10. The van der Waals surface area contributed by atoms with Gasteiger partial charge >= 0.3 is 0 Å². The molecule has 0 aliphatic carbocycles. The summed E-state index contributed by atoms with van der Waals surface area (Å²) in [5, 5.41) is 9.49. The Hall–Kier alpha value is -2.38. The van der Waals surface area contributed by atoms with Crippen LogP contribution in [-0.2, 0) is 0 Å². The number of carbonyl (C=O) groups excluding carboxylic acids is 1. The third-order valence-corrected chi connectivity index (χ3v) is 3.27. The van der Waals surface area contributed by atoms with Gasteiger partial charge in [0, 0.05) is 10.6 Å². The van der Waals surface area contributed by atoms with Crippen LogP contribution in [0.1, 0.15) is 21.8 Å². The van der Waals surface area contributed by atoms with Gasteiger partial charge in [-0.25, -0.2) is 4.39 Å². The van der Waals surface area contributed by atoms with E-state index in [1.807, 2.05) is 6.07 Å². The van der Waals surface area contributed by atoms with E-state index in [1.165, 1.54) is 19.2 Å². The fourth-order valence-electron chi connectivity index (χ4n) is 2.02. The Balaban J connectivity index is 2.46. The summed E-state index contributed by atoms with van der Waals surface area (Å²) in [4.78, 5) is 12.4. The van der Waals surface area contributed by atoms with E-state index in [9.17, 15) is 14.4 Å². The van der Waals surface area contributed by atoms with E-state index in [1.54, 1.807) is 24.3 Å². The van der Waals surface area contributed by atoms with Crippen LogP contribution in [0, 0.1) is 17.1 Å². The second kappa shape index (κ2) is 6.38. The third-order valence-electron chi connectivity index (χ3n) is 3.04. The van der Waals surface area contributed by atoms with Gasteiger partial charge in [-0.1, -0.05) is 29.8 Å². The molecule has 0 radical (unpaired) electrons. The molecule has 3 nitrogen and oxygen atoms in total. The zero-order chi connectivity index (χ0) is 15.4. The molecule has 0 N–H and O–H groups in total. The Morgan fingerprint density at radius 1 is 1.33 bits per heavy atom. The first-order valence-corrected chi connectivity index (χ1v) is 6.48. The number of hydrogen-bond acceptors (Lipinski definition) is 3. The maximum Gasteiger partial charge on any atom is 0.187 e. The van der Waals surface area contributed by atoms with Gasteiger partial charge in [-0.15, -0.1) is 0 Å². The number of methoxy groups -OCH3 is 1. The van der Waals surface area contributed by atoms with Crippen LogP contribution in [0.15, 0.2) is 42.5 Å². The molecule has 0 fully saturated rings. The van der Waals surface area contributed by atoms with Crippen molar-refractivity contribution in [2.75, 3.05) is 7.11 Å². The number of rotatable bonds is 4. The molecule has 0 amide bonds. The number of Topliss-reactive ketones (excluding diaryl/α,β-unsaturated/α-hetero) is 1. The van der Waals surface area contributed by atoms with Gasteiger partial charge in [-0.3, -0.25) is 4.79 Å². The predicted molar refractivity (Wildman–Crippen MR) is 77.1 cm³/mol. The van der Waals surface area contributed by atoms with Gasteiger partial charge in [0.25, 0.3) is 0 Å². The van der Waals surface area contributed by atoms with Crippen LogP contribution < -0.4 is 4.74 Å². The summed E-state index contributed by atoms with van der Waals surface area (Å²) in [6.45, 7) is 0. The number of nitriles is 1. The summed E-state index contributed by atoms with van der Waals surface area (Å²) in [5.41, 5.74) is 0.235. The predicted octanol–water partition coefficient (Wildman–Crippen LogP) is 3.98. The first kappa shape index (κ1) is 15.0. The second-order valence-electron chi connectivity index (χ2n) is 4.29. The molecule has 2 aromatic carbocycles. The van der Waals surface area contributed by atoms with Gasteiger partial charge < -0.3 is 4.74 Å². The van der Waals surface area contributed by atoms with Crippen molar-refractivity contribution in [2.45, 2.75) is 5.92 Å². The lowest BCUT2D eigenvalue weighted by molar-refractivity contribution is 0.0974. The van der Waals surface area contributed by atoms with E-state index in [0.717, 1.165) is 6.07 Å². The molecule has 1 unspecified atom stereocenters. The molecule has 0 heterocycles. The highest BCUT2D eigenvalue weighted by molar-refractivity contribution is 6.30. The summed E-state index contributed by atoms with van der Waals surface area (Å²) in [5.74, 6) is -2.11. The molecule has 0 spiro atoms.